The first-order chi connectivity index (χ1) is 14.8. The Labute approximate surface area is 180 Å². The van der Waals surface area contributed by atoms with Crippen LogP contribution in [0.4, 0.5) is 14.5 Å². The minimum atomic E-state index is -3.10. The summed E-state index contributed by atoms with van der Waals surface area (Å²) < 4.78 is 35.2. The third-order valence-electron chi connectivity index (χ3n) is 5.68. The van der Waals surface area contributed by atoms with Crippen molar-refractivity contribution in [3.05, 3.63) is 47.5 Å². The van der Waals surface area contributed by atoms with Crippen molar-refractivity contribution in [2.45, 2.75) is 51.1 Å². The number of nitriles is 1. The molecule has 8 heteroatoms. The second-order valence-electron chi connectivity index (χ2n) is 8.00. The first-order valence-corrected chi connectivity index (χ1v) is 10.1. The summed E-state index contributed by atoms with van der Waals surface area (Å²) in [7, 11) is 1.36. The van der Waals surface area contributed by atoms with Gasteiger partial charge in [0.25, 0.3) is 0 Å². The van der Waals surface area contributed by atoms with Crippen LogP contribution in [0, 0.1) is 17.2 Å². The normalized spacial score (nSPS) is 20.1. The number of nitrogens with one attached hydrogen (secondary N) is 1. The summed E-state index contributed by atoms with van der Waals surface area (Å²) in [5.41, 5.74) is 1.13. The molecule has 0 atom stereocenters. The van der Waals surface area contributed by atoms with Crippen molar-refractivity contribution in [2.75, 3.05) is 12.4 Å². The number of amides is 1. The summed E-state index contributed by atoms with van der Waals surface area (Å²) in [6, 6.07) is 12.8. The van der Waals surface area contributed by atoms with Gasteiger partial charge in [-0.2, -0.15) is 19.0 Å². The lowest BCUT2D eigenvalue weighted by atomic mass is 9.56. The zero-order chi connectivity index (χ0) is 22.6. The fraction of sp³-hybridized carbons (Fsp3) is 0.435. The number of hydrogen-bond donors (Lipinski definition) is 1. The van der Waals surface area contributed by atoms with Gasteiger partial charge in [-0.05, 0) is 41.9 Å². The molecule has 164 valence electrons. The van der Waals surface area contributed by atoms with Crippen molar-refractivity contribution >= 4 is 11.6 Å². The average Bonchev–Trinajstić information content (AvgIpc) is 2.71. The lowest BCUT2D eigenvalue weighted by molar-refractivity contribution is -0.126. The molecule has 3 rings (SSSR count). The highest BCUT2D eigenvalue weighted by Gasteiger charge is 2.52. The Kier molecular flexibility index (Phi) is 6.74. The molecular weight excluding hydrogens is 404 g/mol. The molecule has 1 heterocycles. The molecule has 0 bridgehead atoms. The van der Waals surface area contributed by atoms with Gasteiger partial charge >= 0.3 is 6.61 Å². The van der Waals surface area contributed by atoms with Crippen LogP contribution in [0.2, 0.25) is 0 Å². The minimum Gasteiger partial charge on any atom is -0.481 e. The molecule has 6 nitrogen and oxygen atoms in total. The van der Waals surface area contributed by atoms with Gasteiger partial charge in [0.05, 0.1) is 18.6 Å². The topological polar surface area (TPSA) is 84.2 Å². The summed E-state index contributed by atoms with van der Waals surface area (Å²) in [5.74, 6) is -0.368. The SMILES string of the molecule is COc1ccc(NC(=O)C2(c3ccccc3C(C)C)CC(CC#N)C2)c(OC(F)F)n1. The molecule has 1 amide bonds. The number of pyridine rings is 1. The molecule has 0 unspecified atom stereocenters. The number of anilines is 1. The van der Waals surface area contributed by atoms with Crippen molar-refractivity contribution in [2.24, 2.45) is 5.92 Å². The zero-order valence-electron chi connectivity index (χ0n) is 17.7. The number of nitrogens with zero attached hydrogens (tertiary/aromatic N) is 2. The van der Waals surface area contributed by atoms with Crippen molar-refractivity contribution in [3.63, 3.8) is 0 Å². The third-order valence-corrected chi connectivity index (χ3v) is 5.68. The fourth-order valence-corrected chi connectivity index (χ4v) is 4.21. The molecular formula is C23H25F2N3O3. The van der Waals surface area contributed by atoms with E-state index in [1.54, 1.807) is 0 Å². The number of alkyl halides is 2. The summed E-state index contributed by atoms with van der Waals surface area (Å²) >= 11 is 0. The van der Waals surface area contributed by atoms with E-state index < -0.39 is 17.9 Å². The molecule has 0 aliphatic heterocycles. The molecule has 31 heavy (non-hydrogen) atoms. The van der Waals surface area contributed by atoms with Crippen LogP contribution in [0.25, 0.3) is 0 Å². The van der Waals surface area contributed by atoms with Crippen LogP contribution in [0.15, 0.2) is 36.4 Å². The number of halogens is 2. The van der Waals surface area contributed by atoms with Crippen LogP contribution in [0.5, 0.6) is 11.8 Å². The maximum atomic E-state index is 13.5. The van der Waals surface area contributed by atoms with Crippen LogP contribution in [-0.2, 0) is 10.2 Å². The average molecular weight is 429 g/mol. The van der Waals surface area contributed by atoms with E-state index in [0.717, 1.165) is 11.1 Å². The van der Waals surface area contributed by atoms with E-state index in [1.165, 1.54) is 19.2 Å². The number of carbonyl (C=O) groups is 1. The number of rotatable bonds is 8. The van der Waals surface area contributed by atoms with Crippen LogP contribution >= 0.6 is 0 Å². The number of aromatic nitrogens is 1. The van der Waals surface area contributed by atoms with Gasteiger partial charge in [0.2, 0.25) is 17.7 Å². The minimum absolute atomic E-state index is 0.0382. The van der Waals surface area contributed by atoms with Gasteiger partial charge in [0.15, 0.2) is 0 Å². The van der Waals surface area contributed by atoms with Gasteiger partial charge in [-0.3, -0.25) is 4.79 Å². The molecule has 1 aliphatic rings. The van der Waals surface area contributed by atoms with E-state index in [4.69, 9.17) is 10.00 Å². The molecule has 1 aromatic carbocycles. The van der Waals surface area contributed by atoms with Crippen LogP contribution in [0.1, 0.15) is 50.2 Å². The molecule has 1 saturated carbocycles. The van der Waals surface area contributed by atoms with Gasteiger partial charge < -0.3 is 14.8 Å². The molecule has 0 radical (unpaired) electrons. The first kappa shape index (κ1) is 22.5. The molecule has 1 aliphatic carbocycles. The highest BCUT2D eigenvalue weighted by molar-refractivity contribution is 6.01. The van der Waals surface area contributed by atoms with Crippen LogP contribution < -0.4 is 14.8 Å². The standard InChI is InChI=1S/C23H25F2N3O3/c1-14(2)16-6-4-5-7-17(16)23(12-15(13-23)10-11-26)21(29)27-18-8-9-19(30-3)28-20(18)31-22(24)25/h4-9,14-15,22H,10,12-13H2,1-3H3,(H,27,29). The number of benzene rings is 1. The van der Waals surface area contributed by atoms with Gasteiger partial charge in [0, 0.05) is 12.5 Å². The Bertz CT molecular complexity index is 982. The Balaban J connectivity index is 1.98. The Morgan fingerprint density at radius 2 is 2.00 bits per heavy atom. The second-order valence-corrected chi connectivity index (χ2v) is 8.00. The molecule has 1 aromatic heterocycles. The maximum Gasteiger partial charge on any atom is 0.388 e. The van der Waals surface area contributed by atoms with Gasteiger partial charge in [-0.15, -0.1) is 0 Å². The Hall–Kier alpha value is -3.21. The van der Waals surface area contributed by atoms with Crippen molar-refractivity contribution in [1.82, 2.24) is 4.98 Å². The van der Waals surface area contributed by atoms with Crippen LogP contribution in [0.3, 0.4) is 0 Å². The summed E-state index contributed by atoms with van der Waals surface area (Å²) in [4.78, 5) is 17.4. The summed E-state index contributed by atoms with van der Waals surface area (Å²) in [6.07, 6.45) is 1.37. The highest BCUT2D eigenvalue weighted by Crippen LogP contribution is 2.51. The van der Waals surface area contributed by atoms with Crippen molar-refractivity contribution in [1.29, 1.82) is 5.26 Å². The monoisotopic (exact) mass is 429 g/mol. The molecule has 2 aromatic rings. The molecule has 1 fully saturated rings. The molecule has 1 N–H and O–H groups in total. The van der Waals surface area contributed by atoms with E-state index in [0.29, 0.717) is 19.3 Å². The van der Waals surface area contributed by atoms with E-state index in [-0.39, 0.29) is 29.3 Å². The van der Waals surface area contributed by atoms with Gasteiger partial charge in [0.1, 0.15) is 5.69 Å². The number of hydrogen-bond acceptors (Lipinski definition) is 5. The quantitative estimate of drug-likeness (QED) is 0.637. The van der Waals surface area contributed by atoms with Crippen molar-refractivity contribution in [3.8, 4) is 17.8 Å². The lowest BCUT2D eigenvalue weighted by Gasteiger charge is -2.47. The van der Waals surface area contributed by atoms with E-state index in [1.807, 2.05) is 24.3 Å². The predicted octanol–water partition coefficient (Wildman–Crippen LogP) is 5.02. The lowest BCUT2D eigenvalue weighted by Crippen LogP contribution is -2.51. The highest BCUT2D eigenvalue weighted by atomic mass is 19.3. The smallest absolute Gasteiger partial charge is 0.388 e. The maximum absolute atomic E-state index is 13.5. The number of ether oxygens (including phenoxy) is 2. The first-order valence-electron chi connectivity index (χ1n) is 10.1. The van der Waals surface area contributed by atoms with E-state index >= 15 is 0 Å². The predicted molar refractivity (Wildman–Crippen MR) is 111 cm³/mol. The number of methoxy groups -OCH3 is 1. The Morgan fingerprint density at radius 1 is 1.29 bits per heavy atom. The van der Waals surface area contributed by atoms with E-state index in [2.05, 4.69) is 35.0 Å². The summed E-state index contributed by atoms with van der Waals surface area (Å²) in [6.45, 7) is 1.00. The number of carbonyl (C=O) groups excluding carboxylic acids is 1. The van der Waals surface area contributed by atoms with Crippen LogP contribution in [-0.4, -0.2) is 24.6 Å². The fourth-order valence-electron chi connectivity index (χ4n) is 4.21. The van der Waals surface area contributed by atoms with E-state index in [9.17, 15) is 13.6 Å². The largest absolute Gasteiger partial charge is 0.481 e. The molecule has 0 spiro atoms. The Morgan fingerprint density at radius 3 is 2.61 bits per heavy atom. The third kappa shape index (κ3) is 4.61. The van der Waals surface area contributed by atoms with Crippen molar-refractivity contribution < 1.29 is 23.0 Å². The summed E-state index contributed by atoms with van der Waals surface area (Å²) in [5, 5.41) is 11.8. The van der Waals surface area contributed by atoms with Gasteiger partial charge in [-0.1, -0.05) is 38.1 Å². The zero-order valence-corrected chi connectivity index (χ0v) is 17.7. The second kappa shape index (κ2) is 9.29. The van der Waals surface area contributed by atoms with Gasteiger partial charge in [-0.25, -0.2) is 0 Å². The molecule has 0 saturated heterocycles.